The minimum atomic E-state index is -0.772. The van der Waals surface area contributed by atoms with Gasteiger partial charge in [-0.1, -0.05) is 104 Å². The average Bonchev–Trinajstić information content (AvgIpc) is 4.07. The maximum atomic E-state index is 15.3. The van der Waals surface area contributed by atoms with E-state index in [-0.39, 0.29) is 24.2 Å². The molecular weight excluding hydrogens is 837 g/mol. The second kappa shape index (κ2) is 26.6. The Bertz CT molecular complexity index is 2040. The van der Waals surface area contributed by atoms with Crippen molar-refractivity contribution in [2.24, 2.45) is 0 Å². The Morgan fingerprint density at radius 3 is 1.17 bits per heavy atom. The van der Waals surface area contributed by atoms with E-state index < -0.39 is 24.4 Å². The van der Waals surface area contributed by atoms with Crippen LogP contribution in [0, 0.1) is 0 Å². The molecule has 6 rings (SSSR count). The van der Waals surface area contributed by atoms with Crippen LogP contribution in [0.15, 0.2) is 68.9 Å². The number of carbonyl (C=O) groups excluding carboxylic acids is 2. The molecule has 0 unspecified atom stereocenters. The maximum absolute atomic E-state index is 15.3. The Morgan fingerprint density at radius 2 is 0.818 bits per heavy atom. The lowest BCUT2D eigenvalue weighted by Crippen LogP contribution is -2.39. The minimum Gasteiger partial charge on any atom is -0.494 e. The number of rotatable bonds is 34. The zero-order valence-corrected chi connectivity index (χ0v) is 40.7. The Balaban J connectivity index is 1.38. The van der Waals surface area contributed by atoms with Crippen molar-refractivity contribution in [2.75, 3.05) is 52.7 Å². The number of carbonyl (C=O) groups is 2. The van der Waals surface area contributed by atoms with Gasteiger partial charge in [0.2, 0.25) is 0 Å². The Hall–Kier alpha value is -4.62. The zero-order chi connectivity index (χ0) is 46.7. The van der Waals surface area contributed by atoms with E-state index in [1.54, 1.807) is 22.3 Å². The standard InChI is InChI=1S/C54H76N2O10/c1-7-13-15-17-19-21-23-25-31-63-41-29-27-39-37-65-51(43(39)33-41)49-47-48(54(58)55(49)35-45(59-9-3)60-10-4)50(56(53(47)57)36-46(61-11-5)62-12-6)52-44-34-42(30-28-40(44)38-66-52)64-32-26-24-22-20-18-16-14-8-2/h27-30,33-34,37-38,45-46H,7-26,31-32,35-36H2,1-6H3. The fourth-order valence-corrected chi connectivity index (χ4v) is 9.01. The van der Waals surface area contributed by atoms with Gasteiger partial charge in [-0.3, -0.25) is 19.4 Å². The second-order valence-electron chi connectivity index (χ2n) is 17.2. The predicted molar refractivity (Wildman–Crippen MR) is 260 cm³/mol. The molecule has 2 amide bonds. The Labute approximate surface area is 392 Å². The Morgan fingerprint density at radius 1 is 0.470 bits per heavy atom. The number of fused-ring (bicyclic) bond motifs is 3. The average molecular weight is 913 g/mol. The fraction of sp³-hybridized carbons (Fsp3) is 0.593. The summed E-state index contributed by atoms with van der Waals surface area (Å²) in [6, 6.07) is 11.6. The van der Waals surface area contributed by atoms with Gasteiger partial charge in [-0.05, 0) is 76.9 Å². The van der Waals surface area contributed by atoms with Gasteiger partial charge >= 0.3 is 0 Å². The molecule has 2 aromatic heterocycles. The minimum absolute atomic E-state index is 0.0103. The highest BCUT2D eigenvalue weighted by atomic mass is 16.7. The van der Waals surface area contributed by atoms with Gasteiger partial charge in [0, 0.05) is 48.0 Å². The van der Waals surface area contributed by atoms with Gasteiger partial charge in [0.05, 0.1) is 50.0 Å². The van der Waals surface area contributed by atoms with Crippen molar-refractivity contribution in [1.29, 1.82) is 0 Å². The summed E-state index contributed by atoms with van der Waals surface area (Å²) in [7, 11) is 0. The molecule has 362 valence electrons. The van der Waals surface area contributed by atoms with Crippen molar-refractivity contribution >= 4 is 44.8 Å². The van der Waals surface area contributed by atoms with Crippen molar-refractivity contribution in [3.05, 3.63) is 71.6 Å². The summed E-state index contributed by atoms with van der Waals surface area (Å²) >= 11 is 0. The summed E-state index contributed by atoms with van der Waals surface area (Å²) in [5, 5.41) is 3.04. The summed E-state index contributed by atoms with van der Waals surface area (Å²) in [6.07, 6.45) is 21.1. The summed E-state index contributed by atoms with van der Waals surface area (Å²) < 4.78 is 49.5. The van der Waals surface area contributed by atoms with E-state index in [0.717, 1.165) is 36.5 Å². The van der Waals surface area contributed by atoms with Crippen LogP contribution in [0.4, 0.5) is 0 Å². The molecule has 4 heterocycles. The first-order valence-electron chi connectivity index (χ1n) is 25.3. The molecule has 2 aliphatic rings. The molecule has 12 nitrogen and oxygen atoms in total. The molecule has 0 saturated heterocycles. The maximum Gasteiger partial charge on any atom is 0.261 e. The number of nitrogens with zero attached hydrogens (tertiary/aromatic N) is 2. The molecule has 2 aliphatic heterocycles. The normalized spacial score (nSPS) is 14.2. The number of benzene rings is 2. The first-order valence-corrected chi connectivity index (χ1v) is 25.3. The molecule has 0 aliphatic carbocycles. The highest BCUT2D eigenvalue weighted by Gasteiger charge is 2.52. The molecule has 12 heteroatoms. The van der Waals surface area contributed by atoms with Crippen molar-refractivity contribution in [3.63, 3.8) is 0 Å². The summed E-state index contributed by atoms with van der Waals surface area (Å²) in [5.41, 5.74) is 1.05. The molecule has 4 aromatic rings. The monoisotopic (exact) mass is 913 g/mol. The number of furan rings is 2. The number of ether oxygens (including phenoxy) is 6. The van der Waals surface area contributed by atoms with Crippen LogP contribution in [0.2, 0.25) is 0 Å². The van der Waals surface area contributed by atoms with Crippen LogP contribution in [0.5, 0.6) is 11.5 Å². The van der Waals surface area contributed by atoms with Crippen molar-refractivity contribution in [3.8, 4) is 11.5 Å². The Kier molecular flexibility index (Phi) is 20.5. The molecule has 66 heavy (non-hydrogen) atoms. The number of hydrogen-bond donors (Lipinski definition) is 0. The topological polar surface area (TPSA) is 122 Å². The van der Waals surface area contributed by atoms with Gasteiger partial charge in [0.25, 0.3) is 11.8 Å². The molecule has 2 aromatic carbocycles. The zero-order valence-electron chi connectivity index (χ0n) is 40.7. The number of unbranched alkanes of at least 4 members (excludes halogenated alkanes) is 14. The van der Waals surface area contributed by atoms with Gasteiger partial charge in [-0.15, -0.1) is 0 Å². The highest BCUT2D eigenvalue weighted by Crippen LogP contribution is 2.50. The van der Waals surface area contributed by atoms with E-state index >= 15 is 9.59 Å². The van der Waals surface area contributed by atoms with Crippen molar-refractivity contribution in [1.82, 2.24) is 9.80 Å². The van der Waals surface area contributed by atoms with Crippen LogP contribution in [-0.2, 0) is 28.5 Å². The summed E-state index contributed by atoms with van der Waals surface area (Å²) in [6.45, 7) is 14.6. The van der Waals surface area contributed by atoms with Crippen LogP contribution in [0.3, 0.4) is 0 Å². The van der Waals surface area contributed by atoms with Gasteiger partial charge in [0.1, 0.15) is 22.9 Å². The van der Waals surface area contributed by atoms with Gasteiger partial charge < -0.3 is 37.3 Å². The van der Waals surface area contributed by atoms with E-state index in [1.165, 1.54) is 77.0 Å². The van der Waals surface area contributed by atoms with Crippen LogP contribution in [0.25, 0.3) is 32.9 Å². The molecule has 0 bridgehead atoms. The third-order valence-electron chi connectivity index (χ3n) is 12.4. The van der Waals surface area contributed by atoms with Crippen LogP contribution >= 0.6 is 0 Å². The third kappa shape index (κ3) is 12.9. The highest BCUT2D eigenvalue weighted by molar-refractivity contribution is 6.31. The largest absolute Gasteiger partial charge is 0.494 e. The molecule has 0 spiro atoms. The lowest BCUT2D eigenvalue weighted by Gasteiger charge is -2.28. The molecule has 0 radical (unpaired) electrons. The third-order valence-corrected chi connectivity index (χ3v) is 12.4. The van der Waals surface area contributed by atoms with Crippen LogP contribution < -0.4 is 9.47 Å². The van der Waals surface area contributed by atoms with Crippen LogP contribution in [0.1, 0.15) is 156 Å². The molecule has 0 saturated carbocycles. The van der Waals surface area contributed by atoms with E-state index in [1.807, 2.05) is 64.1 Å². The second-order valence-corrected chi connectivity index (χ2v) is 17.2. The quantitative estimate of drug-likeness (QED) is 0.0331. The molecular formula is C54H76N2O10. The van der Waals surface area contributed by atoms with Crippen LogP contribution in [-0.4, -0.2) is 86.9 Å². The SMILES string of the molecule is CCCCCCCCCCOc1ccc2coc(C3=C4C(=O)N(CC(OCC)OCC)C(c5occ6ccc(OCCCCCCCCCC)cc56)=C4C(=O)N3CC(OCC)OCC)c2c1. The van der Waals surface area contributed by atoms with E-state index in [4.69, 9.17) is 37.3 Å². The van der Waals surface area contributed by atoms with E-state index in [2.05, 4.69) is 13.8 Å². The first kappa shape index (κ1) is 50.8. The summed E-state index contributed by atoms with van der Waals surface area (Å²) in [5.74, 6) is 1.30. The van der Waals surface area contributed by atoms with Gasteiger partial charge in [-0.25, -0.2) is 0 Å². The molecule has 0 atom stereocenters. The van der Waals surface area contributed by atoms with E-state index in [9.17, 15) is 0 Å². The summed E-state index contributed by atoms with van der Waals surface area (Å²) in [4.78, 5) is 33.8. The van der Waals surface area contributed by atoms with Gasteiger partial charge in [0.15, 0.2) is 24.1 Å². The first-order chi connectivity index (χ1) is 32.4. The molecule has 0 N–H and O–H groups in total. The lowest BCUT2D eigenvalue weighted by atomic mass is 10.0. The van der Waals surface area contributed by atoms with E-state index in [0.29, 0.717) is 84.8 Å². The smallest absolute Gasteiger partial charge is 0.261 e. The molecule has 0 fully saturated rings. The lowest BCUT2D eigenvalue weighted by molar-refractivity contribution is -0.151. The van der Waals surface area contributed by atoms with Crippen molar-refractivity contribution in [2.45, 2.75) is 157 Å². The van der Waals surface area contributed by atoms with Gasteiger partial charge in [-0.2, -0.15) is 0 Å². The number of hydrogen-bond acceptors (Lipinski definition) is 10. The fourth-order valence-electron chi connectivity index (χ4n) is 9.01. The number of amides is 2. The predicted octanol–water partition coefficient (Wildman–Crippen LogP) is 12.8. The van der Waals surface area contributed by atoms with Crippen molar-refractivity contribution < 1.29 is 46.8 Å².